The number of amides is 1. The van der Waals surface area contributed by atoms with Gasteiger partial charge in [-0.05, 0) is 24.1 Å². The van der Waals surface area contributed by atoms with Crippen molar-refractivity contribution < 1.29 is 9.18 Å². The quantitative estimate of drug-likeness (QED) is 0.592. The molecule has 1 rings (SSSR count). The van der Waals surface area contributed by atoms with Crippen LogP contribution in [0.15, 0.2) is 29.3 Å². The van der Waals surface area contributed by atoms with Crippen molar-refractivity contribution in [1.29, 1.82) is 0 Å². The Labute approximate surface area is 144 Å². The maximum atomic E-state index is 13.4. The second-order valence-electron chi connectivity index (χ2n) is 6.63. The number of carbonyl (C=O) groups is 1. The number of hydrogen-bond donors (Lipinski definition) is 2. The Hall–Kier alpha value is -2.11. The van der Waals surface area contributed by atoms with Crippen molar-refractivity contribution in [3.63, 3.8) is 0 Å². The van der Waals surface area contributed by atoms with Gasteiger partial charge in [0.15, 0.2) is 5.96 Å². The van der Waals surface area contributed by atoms with Crippen LogP contribution in [0.1, 0.15) is 32.8 Å². The first-order chi connectivity index (χ1) is 11.3. The average molecular weight is 336 g/mol. The van der Waals surface area contributed by atoms with Gasteiger partial charge in [-0.25, -0.2) is 9.38 Å². The van der Waals surface area contributed by atoms with Crippen LogP contribution in [-0.2, 0) is 10.2 Å². The zero-order chi connectivity index (χ0) is 18.2. The third kappa shape index (κ3) is 6.56. The number of rotatable bonds is 7. The Bertz CT molecular complexity index is 570. The molecule has 0 spiro atoms. The summed E-state index contributed by atoms with van der Waals surface area (Å²) in [6.45, 7) is 7.57. The minimum atomic E-state index is -0.275. The molecule has 0 heterocycles. The molecule has 0 aliphatic carbocycles. The lowest BCUT2D eigenvalue weighted by atomic mass is 9.84. The molecule has 1 aromatic rings. The van der Waals surface area contributed by atoms with Crippen LogP contribution in [0.4, 0.5) is 4.39 Å². The van der Waals surface area contributed by atoms with Crippen molar-refractivity contribution in [3.8, 4) is 0 Å². The van der Waals surface area contributed by atoms with E-state index in [0.29, 0.717) is 12.5 Å². The number of nitrogens with one attached hydrogen (secondary N) is 2. The molecule has 1 amide bonds. The summed E-state index contributed by atoms with van der Waals surface area (Å²) in [5.41, 5.74) is 0.636. The zero-order valence-electron chi connectivity index (χ0n) is 15.3. The van der Waals surface area contributed by atoms with Gasteiger partial charge in [-0.15, -0.1) is 0 Å². The summed E-state index contributed by atoms with van der Waals surface area (Å²) in [6.07, 6.45) is 0.954. The molecule has 0 radical (unpaired) electrons. The molecule has 0 fully saturated rings. The smallest absolute Gasteiger partial charge is 0.243 e. The molecule has 0 atom stereocenters. The van der Waals surface area contributed by atoms with Crippen molar-refractivity contribution in [2.24, 2.45) is 4.99 Å². The molecular formula is C18H29FN4O. The molecule has 1 aromatic carbocycles. The fourth-order valence-corrected chi connectivity index (χ4v) is 2.02. The van der Waals surface area contributed by atoms with Crippen molar-refractivity contribution in [3.05, 3.63) is 35.6 Å². The van der Waals surface area contributed by atoms with E-state index in [4.69, 9.17) is 0 Å². The Morgan fingerprint density at radius 2 is 2.00 bits per heavy atom. The first kappa shape index (κ1) is 19.9. The Balaban J connectivity index is 2.75. The van der Waals surface area contributed by atoms with E-state index < -0.39 is 0 Å². The van der Waals surface area contributed by atoms with Crippen LogP contribution in [0.3, 0.4) is 0 Å². The van der Waals surface area contributed by atoms with Gasteiger partial charge in [-0.2, -0.15) is 0 Å². The van der Waals surface area contributed by atoms with E-state index in [2.05, 4.69) is 22.5 Å². The van der Waals surface area contributed by atoms with Gasteiger partial charge in [-0.3, -0.25) is 4.79 Å². The molecule has 6 heteroatoms. The van der Waals surface area contributed by atoms with Crippen LogP contribution in [-0.4, -0.2) is 50.5 Å². The number of likely N-dealkylation sites (N-methyl/N-ethyl adjacent to an activating group) is 1. The van der Waals surface area contributed by atoms with Crippen LogP contribution in [0, 0.1) is 5.82 Å². The van der Waals surface area contributed by atoms with Gasteiger partial charge in [0.1, 0.15) is 12.4 Å². The van der Waals surface area contributed by atoms with Crippen LogP contribution >= 0.6 is 0 Å². The summed E-state index contributed by atoms with van der Waals surface area (Å²) in [4.78, 5) is 17.5. The summed E-state index contributed by atoms with van der Waals surface area (Å²) < 4.78 is 13.4. The van der Waals surface area contributed by atoms with E-state index >= 15 is 0 Å². The van der Waals surface area contributed by atoms with Crippen molar-refractivity contribution in [2.45, 2.75) is 32.6 Å². The number of hydrogen-bond acceptors (Lipinski definition) is 2. The van der Waals surface area contributed by atoms with Gasteiger partial charge in [0.25, 0.3) is 0 Å². The van der Waals surface area contributed by atoms with E-state index in [-0.39, 0.29) is 23.7 Å². The lowest BCUT2D eigenvalue weighted by molar-refractivity contribution is -0.127. The number of nitrogens with zero attached hydrogens (tertiary/aromatic N) is 2. The molecule has 0 unspecified atom stereocenters. The lowest BCUT2D eigenvalue weighted by Crippen LogP contribution is -2.44. The SMILES string of the molecule is CCCNC(=NCC(=O)N(C)C)NCC(C)(C)c1cccc(F)c1. The maximum absolute atomic E-state index is 13.4. The van der Waals surface area contributed by atoms with Gasteiger partial charge in [0, 0.05) is 32.6 Å². The predicted octanol–water partition coefficient (Wildman–Crippen LogP) is 2.14. The van der Waals surface area contributed by atoms with Crippen LogP contribution in [0.2, 0.25) is 0 Å². The molecular weight excluding hydrogens is 307 g/mol. The average Bonchev–Trinajstić information content (AvgIpc) is 2.53. The molecule has 134 valence electrons. The predicted molar refractivity (Wildman–Crippen MR) is 96.7 cm³/mol. The molecule has 0 saturated heterocycles. The van der Waals surface area contributed by atoms with E-state index in [1.807, 2.05) is 19.9 Å². The van der Waals surface area contributed by atoms with Gasteiger partial charge in [0.05, 0.1) is 0 Å². The van der Waals surface area contributed by atoms with Crippen molar-refractivity contribution in [2.75, 3.05) is 33.7 Å². The number of benzene rings is 1. The fourth-order valence-electron chi connectivity index (χ4n) is 2.02. The van der Waals surface area contributed by atoms with Crippen molar-refractivity contribution in [1.82, 2.24) is 15.5 Å². The number of aliphatic imine (C=N–C) groups is 1. The lowest BCUT2D eigenvalue weighted by Gasteiger charge is -2.27. The highest BCUT2D eigenvalue weighted by Crippen LogP contribution is 2.22. The first-order valence-electron chi connectivity index (χ1n) is 8.24. The van der Waals surface area contributed by atoms with Crippen LogP contribution in [0.5, 0.6) is 0 Å². The third-order valence-corrected chi connectivity index (χ3v) is 3.72. The highest BCUT2D eigenvalue weighted by Gasteiger charge is 2.21. The van der Waals surface area contributed by atoms with Crippen LogP contribution in [0.25, 0.3) is 0 Å². The monoisotopic (exact) mass is 336 g/mol. The Morgan fingerprint density at radius 1 is 1.29 bits per heavy atom. The highest BCUT2D eigenvalue weighted by atomic mass is 19.1. The summed E-state index contributed by atoms with van der Waals surface area (Å²) in [5, 5.41) is 6.45. The summed E-state index contributed by atoms with van der Waals surface area (Å²) in [7, 11) is 3.41. The highest BCUT2D eigenvalue weighted by molar-refractivity contribution is 5.84. The number of guanidine groups is 1. The van der Waals surface area contributed by atoms with E-state index in [0.717, 1.165) is 18.5 Å². The summed E-state index contributed by atoms with van der Waals surface area (Å²) in [6, 6.07) is 6.62. The molecule has 0 aliphatic heterocycles. The zero-order valence-corrected chi connectivity index (χ0v) is 15.3. The molecule has 5 nitrogen and oxygen atoms in total. The Kier molecular flexibility index (Phi) is 7.68. The maximum Gasteiger partial charge on any atom is 0.243 e. The molecule has 24 heavy (non-hydrogen) atoms. The van der Waals surface area contributed by atoms with Gasteiger partial charge >= 0.3 is 0 Å². The fraction of sp³-hybridized carbons (Fsp3) is 0.556. The Morgan fingerprint density at radius 3 is 2.58 bits per heavy atom. The van der Waals surface area contributed by atoms with Gasteiger partial charge in [-0.1, -0.05) is 32.9 Å². The third-order valence-electron chi connectivity index (χ3n) is 3.72. The van der Waals surface area contributed by atoms with Crippen molar-refractivity contribution >= 4 is 11.9 Å². The first-order valence-corrected chi connectivity index (χ1v) is 8.24. The summed E-state index contributed by atoms with van der Waals surface area (Å²) >= 11 is 0. The van der Waals surface area contributed by atoms with Gasteiger partial charge < -0.3 is 15.5 Å². The van der Waals surface area contributed by atoms with E-state index in [1.165, 1.54) is 11.0 Å². The molecule has 0 aliphatic rings. The van der Waals surface area contributed by atoms with Gasteiger partial charge in [0.2, 0.25) is 5.91 Å². The molecule has 2 N–H and O–H groups in total. The van der Waals surface area contributed by atoms with E-state index in [9.17, 15) is 9.18 Å². The number of carbonyl (C=O) groups excluding carboxylic acids is 1. The molecule has 0 bridgehead atoms. The standard InChI is InChI=1S/C18H29FN4O/c1-6-10-20-17(21-12-16(24)23(4)5)22-13-18(2,3)14-8-7-9-15(19)11-14/h7-9,11H,6,10,12-13H2,1-5H3,(H2,20,21,22). The van der Waals surface area contributed by atoms with Crippen LogP contribution < -0.4 is 10.6 Å². The minimum Gasteiger partial charge on any atom is -0.356 e. The van der Waals surface area contributed by atoms with E-state index in [1.54, 1.807) is 26.2 Å². The summed E-state index contributed by atoms with van der Waals surface area (Å²) in [5.74, 6) is 0.295. The normalized spacial score (nSPS) is 12.0. The second-order valence-corrected chi connectivity index (χ2v) is 6.63. The minimum absolute atomic E-state index is 0.0583. The topological polar surface area (TPSA) is 56.7 Å². The molecule has 0 saturated carbocycles. The molecule has 0 aromatic heterocycles. The second kappa shape index (κ2) is 9.25. The largest absolute Gasteiger partial charge is 0.356 e. The number of halogens is 1.